The van der Waals surface area contributed by atoms with Crippen LogP contribution in [-0.2, 0) is 4.79 Å². The number of aliphatic hydroxyl groups is 2. The number of hydrogen-bond acceptors (Lipinski definition) is 3. The van der Waals surface area contributed by atoms with Crippen molar-refractivity contribution < 1.29 is 15.0 Å². The number of hydrogen-bond donors (Lipinski definition) is 3. The molecule has 2 unspecified atom stereocenters. The maximum Gasteiger partial charge on any atom is 0.220 e. The number of aliphatic hydroxyl groups excluding tert-OH is 2. The van der Waals surface area contributed by atoms with Gasteiger partial charge in [0, 0.05) is 6.42 Å². The zero-order valence-corrected chi connectivity index (χ0v) is 41.2. The minimum absolute atomic E-state index is 0.0903. The topological polar surface area (TPSA) is 69.6 Å². The van der Waals surface area contributed by atoms with E-state index in [1.54, 1.807) is 6.08 Å². The standard InChI is InChI=1S/C60H97NO3/c1-3-5-7-9-11-13-15-17-18-19-20-21-22-23-24-25-26-27-28-29-30-31-32-33-34-35-36-37-38-39-40-41-42-44-46-48-50-52-54-56-60(64)61-58(57-62)59(63)55-53-51-49-47-45-43-16-14-12-10-8-6-4-2/h5,7,11,13,17-18,20-21,23-24,26-27,29-30,32-33,35-36,38-39,41-42,53,55,58-59,62-63H,3-4,6,8-10,12,14-16,19,22,25,28,31,34,37,40,43-52,54,56-57H2,1-2H3,(H,61,64)/b7-5-,13-11-,18-17-,21-20-,24-23-,27-26-,30-29-,33-32-,36-35-,39-38-,42-41-,55-53+. The van der Waals surface area contributed by atoms with Crippen LogP contribution in [0.3, 0.4) is 0 Å². The predicted octanol–water partition coefficient (Wildman–Crippen LogP) is 17.2. The van der Waals surface area contributed by atoms with Crippen molar-refractivity contribution in [1.29, 1.82) is 0 Å². The first-order valence-corrected chi connectivity index (χ1v) is 26.0. The summed E-state index contributed by atoms with van der Waals surface area (Å²) in [6.45, 7) is 4.16. The molecule has 0 saturated carbocycles. The highest BCUT2D eigenvalue weighted by Crippen LogP contribution is 2.13. The van der Waals surface area contributed by atoms with Gasteiger partial charge in [0.25, 0.3) is 0 Å². The molecule has 0 heterocycles. The molecule has 0 spiro atoms. The van der Waals surface area contributed by atoms with E-state index in [9.17, 15) is 15.0 Å². The molecule has 2 atom stereocenters. The van der Waals surface area contributed by atoms with Crippen LogP contribution in [0.2, 0.25) is 0 Å². The van der Waals surface area contributed by atoms with Crippen molar-refractivity contribution in [2.45, 2.75) is 219 Å². The van der Waals surface area contributed by atoms with Gasteiger partial charge in [0.2, 0.25) is 5.91 Å². The van der Waals surface area contributed by atoms with Gasteiger partial charge in [-0.05, 0) is 103 Å². The molecule has 0 radical (unpaired) electrons. The van der Waals surface area contributed by atoms with Gasteiger partial charge in [0.05, 0.1) is 18.8 Å². The zero-order chi connectivity index (χ0) is 46.3. The van der Waals surface area contributed by atoms with E-state index in [0.29, 0.717) is 6.42 Å². The Hall–Kier alpha value is -3.73. The van der Waals surface area contributed by atoms with Crippen molar-refractivity contribution in [1.82, 2.24) is 5.32 Å². The Morgan fingerprint density at radius 3 is 1.03 bits per heavy atom. The van der Waals surface area contributed by atoms with Crippen LogP contribution in [-0.4, -0.2) is 34.9 Å². The molecule has 0 aliphatic carbocycles. The van der Waals surface area contributed by atoms with Gasteiger partial charge in [-0.1, -0.05) is 243 Å². The number of carbonyl (C=O) groups excluding carboxylic acids is 1. The summed E-state index contributed by atoms with van der Waals surface area (Å²) < 4.78 is 0. The molecule has 0 aromatic carbocycles. The van der Waals surface area contributed by atoms with E-state index in [1.165, 1.54) is 77.0 Å². The molecule has 0 aliphatic rings. The van der Waals surface area contributed by atoms with Crippen molar-refractivity contribution in [3.63, 3.8) is 0 Å². The van der Waals surface area contributed by atoms with E-state index in [-0.39, 0.29) is 12.5 Å². The molecule has 64 heavy (non-hydrogen) atoms. The van der Waals surface area contributed by atoms with Crippen LogP contribution in [0, 0.1) is 0 Å². The second-order valence-corrected chi connectivity index (χ2v) is 16.9. The number of nitrogens with one attached hydrogen (secondary N) is 1. The second kappa shape index (κ2) is 53.6. The first kappa shape index (κ1) is 60.3. The Morgan fingerprint density at radius 1 is 0.391 bits per heavy atom. The molecular formula is C60H97NO3. The lowest BCUT2D eigenvalue weighted by atomic mass is 10.0. The van der Waals surface area contributed by atoms with Gasteiger partial charge < -0.3 is 15.5 Å². The lowest BCUT2D eigenvalue weighted by Gasteiger charge is -2.20. The summed E-state index contributed by atoms with van der Waals surface area (Å²) in [6, 6.07) is -0.642. The maximum absolute atomic E-state index is 12.4. The summed E-state index contributed by atoms with van der Waals surface area (Å²) in [5, 5.41) is 23.0. The molecule has 0 aromatic heterocycles. The second-order valence-electron chi connectivity index (χ2n) is 16.9. The fourth-order valence-electron chi connectivity index (χ4n) is 6.89. The number of amides is 1. The Balaban J connectivity index is 3.70. The van der Waals surface area contributed by atoms with Crippen LogP contribution in [0.15, 0.2) is 146 Å². The first-order chi connectivity index (χ1) is 31.7. The molecule has 0 rings (SSSR count). The van der Waals surface area contributed by atoms with E-state index in [0.717, 1.165) is 109 Å². The highest BCUT2D eigenvalue weighted by molar-refractivity contribution is 5.76. The van der Waals surface area contributed by atoms with Gasteiger partial charge in [-0.3, -0.25) is 4.79 Å². The van der Waals surface area contributed by atoms with Gasteiger partial charge in [-0.25, -0.2) is 0 Å². The van der Waals surface area contributed by atoms with Crippen molar-refractivity contribution in [2.24, 2.45) is 0 Å². The van der Waals surface area contributed by atoms with Gasteiger partial charge in [-0.2, -0.15) is 0 Å². The van der Waals surface area contributed by atoms with Gasteiger partial charge in [0.15, 0.2) is 0 Å². The molecule has 1 amide bonds. The third kappa shape index (κ3) is 49.3. The fourth-order valence-corrected chi connectivity index (χ4v) is 6.89. The molecule has 0 fully saturated rings. The summed E-state index contributed by atoms with van der Waals surface area (Å²) in [5.74, 6) is -0.0903. The summed E-state index contributed by atoms with van der Waals surface area (Å²) in [5.41, 5.74) is 0. The monoisotopic (exact) mass is 880 g/mol. The minimum atomic E-state index is -0.857. The number of allylic oxidation sites excluding steroid dienone is 23. The third-order valence-corrected chi connectivity index (χ3v) is 10.8. The van der Waals surface area contributed by atoms with E-state index in [2.05, 4.69) is 153 Å². The van der Waals surface area contributed by atoms with Crippen LogP contribution < -0.4 is 5.32 Å². The van der Waals surface area contributed by atoms with Gasteiger partial charge in [0.1, 0.15) is 0 Å². The van der Waals surface area contributed by atoms with Crippen molar-refractivity contribution >= 4 is 5.91 Å². The average Bonchev–Trinajstić information content (AvgIpc) is 3.30. The molecule has 0 bridgehead atoms. The summed E-state index contributed by atoms with van der Waals surface area (Å²) in [4.78, 5) is 12.4. The van der Waals surface area contributed by atoms with Crippen LogP contribution in [0.5, 0.6) is 0 Å². The quantitative estimate of drug-likeness (QED) is 0.0422. The summed E-state index contributed by atoms with van der Waals surface area (Å²) in [7, 11) is 0. The van der Waals surface area contributed by atoms with Crippen molar-refractivity contribution in [2.75, 3.05) is 6.61 Å². The minimum Gasteiger partial charge on any atom is -0.394 e. The third-order valence-electron chi connectivity index (χ3n) is 10.8. The Morgan fingerprint density at radius 2 is 0.688 bits per heavy atom. The van der Waals surface area contributed by atoms with E-state index in [1.807, 2.05) is 6.08 Å². The van der Waals surface area contributed by atoms with Crippen LogP contribution >= 0.6 is 0 Å². The Bertz CT molecular complexity index is 1370. The van der Waals surface area contributed by atoms with Crippen molar-refractivity contribution in [3.8, 4) is 0 Å². The molecule has 0 aromatic rings. The summed E-state index contributed by atoms with van der Waals surface area (Å²) in [6.07, 6.45) is 85.5. The SMILES string of the molecule is CC/C=C\C/C=C\C/C=C\C/C=C\C/C=C\C/C=C\C/C=C\C/C=C\C/C=C\C/C=C\C/C=C\CCCCCCCC(=O)NC(CO)C(O)/C=C/CCCCCCCCCCCCC. The van der Waals surface area contributed by atoms with Crippen LogP contribution in [0.25, 0.3) is 0 Å². The molecule has 0 saturated heterocycles. The largest absolute Gasteiger partial charge is 0.394 e. The molecule has 3 N–H and O–H groups in total. The predicted molar refractivity (Wildman–Crippen MR) is 285 cm³/mol. The fraction of sp³-hybridized carbons (Fsp3) is 0.583. The number of carbonyl (C=O) groups is 1. The zero-order valence-electron chi connectivity index (χ0n) is 41.2. The maximum atomic E-state index is 12.4. The highest BCUT2D eigenvalue weighted by Gasteiger charge is 2.17. The average molecular weight is 880 g/mol. The summed E-state index contributed by atoms with van der Waals surface area (Å²) >= 11 is 0. The molecule has 360 valence electrons. The van der Waals surface area contributed by atoms with Crippen LogP contribution in [0.4, 0.5) is 0 Å². The van der Waals surface area contributed by atoms with Gasteiger partial charge in [-0.15, -0.1) is 0 Å². The van der Waals surface area contributed by atoms with E-state index in [4.69, 9.17) is 0 Å². The van der Waals surface area contributed by atoms with E-state index < -0.39 is 12.1 Å². The van der Waals surface area contributed by atoms with Crippen molar-refractivity contribution in [3.05, 3.63) is 146 Å². The normalized spacial score (nSPS) is 14.1. The van der Waals surface area contributed by atoms with E-state index >= 15 is 0 Å². The molecule has 4 heteroatoms. The smallest absolute Gasteiger partial charge is 0.220 e. The lowest BCUT2D eigenvalue weighted by Crippen LogP contribution is -2.45. The molecule has 4 nitrogen and oxygen atoms in total. The first-order valence-electron chi connectivity index (χ1n) is 26.0. The number of rotatable bonds is 45. The lowest BCUT2D eigenvalue weighted by molar-refractivity contribution is -0.123. The number of unbranched alkanes of at least 4 members (excludes halogenated alkanes) is 16. The molecular weight excluding hydrogens is 783 g/mol. The van der Waals surface area contributed by atoms with Gasteiger partial charge >= 0.3 is 0 Å². The Kier molecular flexibility index (Phi) is 50.5. The van der Waals surface area contributed by atoms with Crippen LogP contribution in [0.1, 0.15) is 206 Å². The molecule has 0 aliphatic heterocycles. The Labute approximate surface area is 395 Å². The highest BCUT2D eigenvalue weighted by atomic mass is 16.3.